The molecule has 0 N–H and O–H groups in total. The molecular weight excluding hydrogens is 222 g/mol. The van der Waals surface area contributed by atoms with Gasteiger partial charge in [0.05, 0.1) is 0 Å². The summed E-state index contributed by atoms with van der Waals surface area (Å²) in [5, 5.41) is 2.18. The van der Waals surface area contributed by atoms with E-state index < -0.39 is 0 Å². The van der Waals surface area contributed by atoms with Gasteiger partial charge in [0.15, 0.2) is 5.78 Å². The molecule has 0 saturated carbocycles. The number of rotatable bonds is 2. The molecule has 0 radical (unpaired) electrons. The third-order valence-corrected chi connectivity index (χ3v) is 3.08. The van der Waals surface area contributed by atoms with Gasteiger partial charge in [-0.15, -0.1) is 0 Å². The highest BCUT2D eigenvalue weighted by molar-refractivity contribution is 6.02. The summed E-state index contributed by atoms with van der Waals surface area (Å²) in [6.45, 7) is 7.92. The summed E-state index contributed by atoms with van der Waals surface area (Å²) < 4.78 is 0. The lowest BCUT2D eigenvalue weighted by atomic mass is 9.86. The van der Waals surface area contributed by atoms with Crippen LogP contribution in [0.5, 0.6) is 0 Å². The van der Waals surface area contributed by atoms with E-state index in [-0.39, 0.29) is 11.2 Å². The van der Waals surface area contributed by atoms with Crippen LogP contribution in [0.25, 0.3) is 10.8 Å². The summed E-state index contributed by atoms with van der Waals surface area (Å²) in [7, 11) is 0. The zero-order valence-corrected chi connectivity index (χ0v) is 11.4. The second-order valence-electron chi connectivity index (χ2n) is 5.67. The first-order valence-electron chi connectivity index (χ1n) is 6.35. The Morgan fingerprint density at radius 3 is 2.50 bits per heavy atom. The Bertz CT molecular complexity index is 594. The van der Waals surface area contributed by atoms with Gasteiger partial charge in [0.2, 0.25) is 0 Å². The summed E-state index contributed by atoms with van der Waals surface area (Å²) in [6.07, 6.45) is 2.78. The molecule has 0 aliphatic heterocycles. The Kier molecular flexibility index (Phi) is 3.20. The highest BCUT2D eigenvalue weighted by atomic mass is 16.1. The van der Waals surface area contributed by atoms with E-state index in [1.165, 1.54) is 0 Å². The van der Waals surface area contributed by atoms with Gasteiger partial charge in [0.25, 0.3) is 0 Å². The van der Waals surface area contributed by atoms with Crippen molar-refractivity contribution < 1.29 is 4.79 Å². The van der Waals surface area contributed by atoms with Gasteiger partial charge in [0, 0.05) is 28.3 Å². The van der Waals surface area contributed by atoms with E-state index >= 15 is 0 Å². The van der Waals surface area contributed by atoms with E-state index in [2.05, 4.69) is 18.0 Å². The minimum Gasteiger partial charge on any atom is -0.294 e. The molecule has 0 unspecified atom stereocenters. The third kappa shape index (κ3) is 2.42. The molecule has 0 fully saturated rings. The summed E-state index contributed by atoms with van der Waals surface area (Å²) in [6, 6.07) is 7.94. The Morgan fingerprint density at radius 2 is 1.89 bits per heavy atom. The van der Waals surface area contributed by atoms with E-state index in [0.717, 1.165) is 28.5 Å². The molecule has 1 aromatic heterocycles. The van der Waals surface area contributed by atoms with Crippen LogP contribution in [0.2, 0.25) is 0 Å². The van der Waals surface area contributed by atoms with E-state index in [1.807, 2.05) is 45.2 Å². The van der Waals surface area contributed by atoms with Crippen LogP contribution in [0, 0.1) is 5.41 Å². The number of hydrogen-bond acceptors (Lipinski definition) is 2. The van der Waals surface area contributed by atoms with Crippen molar-refractivity contribution in [1.82, 2.24) is 4.98 Å². The van der Waals surface area contributed by atoms with Crippen LogP contribution in [0.4, 0.5) is 0 Å². The maximum Gasteiger partial charge on any atom is 0.168 e. The van der Waals surface area contributed by atoms with Crippen molar-refractivity contribution in [2.24, 2.45) is 5.41 Å². The maximum absolute atomic E-state index is 12.2. The van der Waals surface area contributed by atoms with Gasteiger partial charge in [-0.1, -0.05) is 39.8 Å². The van der Waals surface area contributed by atoms with Crippen molar-refractivity contribution in [2.75, 3.05) is 0 Å². The fraction of sp³-hybridized carbons (Fsp3) is 0.375. The first-order chi connectivity index (χ1) is 8.41. The number of nitrogens with zero attached hydrogens (tertiary/aromatic N) is 1. The van der Waals surface area contributed by atoms with Gasteiger partial charge in [-0.05, 0) is 23.9 Å². The van der Waals surface area contributed by atoms with Gasteiger partial charge < -0.3 is 0 Å². The van der Waals surface area contributed by atoms with Gasteiger partial charge >= 0.3 is 0 Å². The second kappa shape index (κ2) is 4.52. The number of ketones is 1. The van der Waals surface area contributed by atoms with E-state index in [9.17, 15) is 4.79 Å². The van der Waals surface area contributed by atoms with Crippen molar-refractivity contribution in [3.8, 4) is 0 Å². The topological polar surface area (TPSA) is 30.0 Å². The molecule has 18 heavy (non-hydrogen) atoms. The average Bonchev–Trinajstić information content (AvgIpc) is 2.35. The second-order valence-corrected chi connectivity index (χ2v) is 5.67. The van der Waals surface area contributed by atoms with Gasteiger partial charge in [-0.3, -0.25) is 9.78 Å². The smallest absolute Gasteiger partial charge is 0.168 e. The molecule has 1 heterocycles. The Hall–Kier alpha value is -1.70. The lowest BCUT2D eigenvalue weighted by Gasteiger charge is -2.16. The SMILES string of the molecule is CCc1cc2ccc(C(=O)C(C)(C)C)cc2cn1. The summed E-state index contributed by atoms with van der Waals surface area (Å²) in [4.78, 5) is 16.6. The van der Waals surface area contributed by atoms with Gasteiger partial charge in [-0.2, -0.15) is 0 Å². The minimum absolute atomic E-state index is 0.170. The number of Topliss-reactive ketones (excluding diaryl/α,β-unsaturated/α-hetero) is 1. The molecular formula is C16H19NO. The van der Waals surface area contributed by atoms with Gasteiger partial charge in [-0.25, -0.2) is 0 Å². The number of aromatic nitrogens is 1. The molecule has 0 saturated heterocycles. The fourth-order valence-electron chi connectivity index (χ4n) is 1.95. The van der Waals surface area contributed by atoms with Crippen molar-refractivity contribution in [3.63, 3.8) is 0 Å². The molecule has 0 aliphatic carbocycles. The van der Waals surface area contributed by atoms with Crippen LogP contribution in [-0.4, -0.2) is 10.8 Å². The zero-order valence-electron chi connectivity index (χ0n) is 11.4. The van der Waals surface area contributed by atoms with Crippen molar-refractivity contribution in [1.29, 1.82) is 0 Å². The molecule has 0 aliphatic rings. The predicted molar refractivity (Wildman–Crippen MR) is 74.9 cm³/mol. The minimum atomic E-state index is -0.343. The molecule has 2 heteroatoms. The zero-order chi connectivity index (χ0) is 13.3. The van der Waals surface area contributed by atoms with Gasteiger partial charge in [0.1, 0.15) is 0 Å². The number of pyridine rings is 1. The first-order valence-corrected chi connectivity index (χ1v) is 6.35. The van der Waals surface area contributed by atoms with Crippen LogP contribution in [0.1, 0.15) is 43.7 Å². The van der Waals surface area contributed by atoms with Crippen LogP contribution < -0.4 is 0 Å². The molecule has 0 amide bonds. The largest absolute Gasteiger partial charge is 0.294 e. The van der Waals surface area contributed by atoms with Crippen molar-refractivity contribution in [2.45, 2.75) is 34.1 Å². The lowest BCUT2D eigenvalue weighted by Crippen LogP contribution is -2.20. The Labute approximate surface area is 108 Å². The predicted octanol–water partition coefficient (Wildman–Crippen LogP) is 4.03. The number of carbonyl (C=O) groups is 1. The molecule has 94 valence electrons. The summed E-state index contributed by atoms with van der Waals surface area (Å²) >= 11 is 0. The molecule has 2 nitrogen and oxygen atoms in total. The maximum atomic E-state index is 12.2. The number of hydrogen-bond donors (Lipinski definition) is 0. The average molecular weight is 241 g/mol. The monoisotopic (exact) mass is 241 g/mol. The third-order valence-electron chi connectivity index (χ3n) is 3.08. The molecule has 0 atom stereocenters. The Morgan fingerprint density at radius 1 is 1.17 bits per heavy atom. The highest BCUT2D eigenvalue weighted by Gasteiger charge is 2.22. The molecule has 1 aromatic carbocycles. The number of fused-ring (bicyclic) bond motifs is 1. The van der Waals surface area contributed by atoms with E-state index in [0.29, 0.717) is 0 Å². The fourth-order valence-corrected chi connectivity index (χ4v) is 1.95. The van der Waals surface area contributed by atoms with Crippen LogP contribution in [0.3, 0.4) is 0 Å². The van der Waals surface area contributed by atoms with Crippen LogP contribution in [-0.2, 0) is 6.42 Å². The van der Waals surface area contributed by atoms with Crippen molar-refractivity contribution >= 4 is 16.6 Å². The molecule has 2 aromatic rings. The number of aryl methyl sites for hydroxylation is 1. The highest BCUT2D eigenvalue weighted by Crippen LogP contribution is 2.24. The first kappa shape index (κ1) is 12.7. The summed E-state index contributed by atoms with van der Waals surface area (Å²) in [5.74, 6) is 0.170. The normalized spacial score (nSPS) is 11.8. The number of benzene rings is 1. The molecule has 2 rings (SSSR count). The quantitative estimate of drug-likeness (QED) is 0.743. The van der Waals surface area contributed by atoms with Crippen LogP contribution in [0.15, 0.2) is 30.5 Å². The van der Waals surface area contributed by atoms with E-state index in [1.54, 1.807) is 0 Å². The number of carbonyl (C=O) groups excluding carboxylic acids is 1. The Balaban J connectivity index is 2.49. The van der Waals surface area contributed by atoms with Crippen LogP contribution >= 0.6 is 0 Å². The molecule has 0 bridgehead atoms. The molecule has 0 spiro atoms. The lowest BCUT2D eigenvalue weighted by molar-refractivity contribution is 0.0858. The van der Waals surface area contributed by atoms with Crippen molar-refractivity contribution in [3.05, 3.63) is 41.7 Å². The van der Waals surface area contributed by atoms with E-state index in [4.69, 9.17) is 0 Å². The summed E-state index contributed by atoms with van der Waals surface area (Å²) in [5.41, 5.74) is 1.50. The standard InChI is InChI=1S/C16H19NO/c1-5-14-9-11-6-7-12(8-13(11)10-17-14)15(18)16(2,3)4/h6-10H,5H2,1-4H3.